The van der Waals surface area contributed by atoms with E-state index in [1.807, 2.05) is 6.07 Å². The largest absolute Gasteiger partial charge is 0.508 e. The number of ether oxygens (including phenoxy) is 1. The van der Waals surface area contributed by atoms with E-state index in [2.05, 4.69) is 10.6 Å². The topological polar surface area (TPSA) is 94.4 Å². The lowest BCUT2D eigenvalue weighted by Gasteiger charge is -2.06. The molecule has 0 heterocycles. The fraction of sp³-hybridized carbons (Fsp3) is 0.0588. The van der Waals surface area contributed by atoms with E-state index in [9.17, 15) is 9.90 Å². The quantitative estimate of drug-likeness (QED) is 0.583. The number of benzene rings is 2. The van der Waals surface area contributed by atoms with Crippen molar-refractivity contribution in [1.29, 1.82) is 5.26 Å². The van der Waals surface area contributed by atoms with Gasteiger partial charge in [0.15, 0.2) is 0 Å². The summed E-state index contributed by atoms with van der Waals surface area (Å²) < 4.78 is 5.10. The lowest BCUT2D eigenvalue weighted by molar-refractivity contribution is -0.112. The molecule has 0 unspecified atom stereocenters. The highest BCUT2D eigenvalue weighted by atomic mass is 16.5. The van der Waals surface area contributed by atoms with Gasteiger partial charge < -0.3 is 20.5 Å². The molecular weight excluding hydrogens is 294 g/mol. The van der Waals surface area contributed by atoms with Gasteiger partial charge in [-0.25, -0.2) is 0 Å². The zero-order valence-electron chi connectivity index (χ0n) is 12.4. The predicted molar refractivity (Wildman–Crippen MR) is 87.0 cm³/mol. The molecular formula is C17H15N3O3. The minimum Gasteiger partial charge on any atom is -0.508 e. The first-order valence-electron chi connectivity index (χ1n) is 6.73. The Balaban J connectivity index is 2.09. The molecule has 3 N–H and O–H groups in total. The van der Waals surface area contributed by atoms with Crippen LogP contribution >= 0.6 is 0 Å². The number of nitriles is 1. The maximum atomic E-state index is 12.1. The van der Waals surface area contributed by atoms with Crippen LogP contribution in [0.25, 0.3) is 0 Å². The summed E-state index contributed by atoms with van der Waals surface area (Å²) in [6, 6.07) is 15.0. The van der Waals surface area contributed by atoms with Crippen LogP contribution in [0.3, 0.4) is 0 Å². The molecule has 2 aromatic rings. The minimum absolute atomic E-state index is 0.0276. The van der Waals surface area contributed by atoms with Crippen molar-refractivity contribution in [2.45, 2.75) is 0 Å². The third-order valence-electron chi connectivity index (χ3n) is 2.92. The van der Waals surface area contributed by atoms with Gasteiger partial charge in [0.1, 0.15) is 23.1 Å². The summed E-state index contributed by atoms with van der Waals surface area (Å²) in [7, 11) is 1.55. The van der Waals surface area contributed by atoms with Crippen molar-refractivity contribution < 1.29 is 14.6 Å². The van der Waals surface area contributed by atoms with Crippen molar-refractivity contribution in [3.8, 4) is 17.6 Å². The average molecular weight is 309 g/mol. The van der Waals surface area contributed by atoms with E-state index in [1.165, 1.54) is 18.3 Å². The van der Waals surface area contributed by atoms with Crippen molar-refractivity contribution in [1.82, 2.24) is 0 Å². The number of carbonyl (C=O) groups excluding carboxylic acids is 1. The zero-order valence-corrected chi connectivity index (χ0v) is 12.4. The predicted octanol–water partition coefficient (Wildman–Crippen LogP) is 2.86. The van der Waals surface area contributed by atoms with Crippen molar-refractivity contribution in [2.24, 2.45) is 0 Å². The highest BCUT2D eigenvalue weighted by Gasteiger charge is 2.09. The summed E-state index contributed by atoms with van der Waals surface area (Å²) in [5.74, 6) is 0.111. The molecule has 0 spiro atoms. The maximum absolute atomic E-state index is 12.1. The number of phenols is 1. The van der Waals surface area contributed by atoms with Gasteiger partial charge in [-0.05, 0) is 24.3 Å². The SMILES string of the molecule is COc1cccc(N/C=C(/C#N)C(=O)Nc2cccc(O)c2)c1. The monoisotopic (exact) mass is 309 g/mol. The molecule has 1 amide bonds. The molecule has 2 rings (SSSR count). The Morgan fingerprint density at radius 2 is 1.96 bits per heavy atom. The van der Waals surface area contributed by atoms with Gasteiger partial charge in [0.05, 0.1) is 7.11 Å². The van der Waals surface area contributed by atoms with Crippen LogP contribution < -0.4 is 15.4 Å². The summed E-state index contributed by atoms with van der Waals surface area (Å²) in [4.78, 5) is 12.1. The van der Waals surface area contributed by atoms with Gasteiger partial charge >= 0.3 is 0 Å². The Bertz CT molecular complexity index is 779. The fourth-order valence-electron chi connectivity index (χ4n) is 1.80. The molecule has 0 bridgehead atoms. The van der Waals surface area contributed by atoms with E-state index < -0.39 is 5.91 Å². The third-order valence-corrected chi connectivity index (χ3v) is 2.92. The fourth-order valence-corrected chi connectivity index (χ4v) is 1.80. The number of rotatable bonds is 5. The van der Waals surface area contributed by atoms with E-state index in [1.54, 1.807) is 43.5 Å². The second-order valence-corrected chi connectivity index (χ2v) is 4.55. The number of nitrogens with zero attached hydrogens (tertiary/aromatic N) is 1. The minimum atomic E-state index is -0.575. The number of nitrogens with one attached hydrogen (secondary N) is 2. The zero-order chi connectivity index (χ0) is 16.7. The van der Waals surface area contributed by atoms with Crippen LogP contribution in [0.2, 0.25) is 0 Å². The van der Waals surface area contributed by atoms with E-state index in [0.717, 1.165) is 0 Å². The maximum Gasteiger partial charge on any atom is 0.267 e. The highest BCUT2D eigenvalue weighted by Crippen LogP contribution is 2.18. The molecule has 6 nitrogen and oxygen atoms in total. The molecule has 0 atom stereocenters. The lowest BCUT2D eigenvalue weighted by Crippen LogP contribution is -2.14. The number of anilines is 2. The number of methoxy groups -OCH3 is 1. The number of carbonyl (C=O) groups is 1. The molecule has 0 aliphatic carbocycles. The molecule has 0 fully saturated rings. The van der Waals surface area contributed by atoms with Gasteiger partial charge in [0, 0.05) is 29.7 Å². The Hall–Kier alpha value is -3.46. The highest BCUT2D eigenvalue weighted by molar-refractivity contribution is 6.06. The second-order valence-electron chi connectivity index (χ2n) is 4.55. The molecule has 0 aliphatic heterocycles. The Kier molecular flexibility index (Phi) is 5.21. The van der Waals surface area contributed by atoms with Crippen LogP contribution in [0.15, 0.2) is 60.3 Å². The molecule has 0 saturated carbocycles. The van der Waals surface area contributed by atoms with Crippen molar-refractivity contribution >= 4 is 17.3 Å². The Morgan fingerprint density at radius 3 is 2.65 bits per heavy atom. The van der Waals surface area contributed by atoms with Crippen LogP contribution in [0.1, 0.15) is 0 Å². The molecule has 23 heavy (non-hydrogen) atoms. The molecule has 0 saturated heterocycles. The lowest BCUT2D eigenvalue weighted by atomic mass is 10.2. The van der Waals surface area contributed by atoms with Crippen molar-refractivity contribution in [3.05, 3.63) is 60.3 Å². The summed E-state index contributed by atoms with van der Waals surface area (Å²) in [6.07, 6.45) is 1.31. The first-order valence-corrected chi connectivity index (χ1v) is 6.73. The van der Waals surface area contributed by atoms with E-state index >= 15 is 0 Å². The van der Waals surface area contributed by atoms with Gasteiger partial charge in [0.25, 0.3) is 5.91 Å². The van der Waals surface area contributed by atoms with E-state index in [4.69, 9.17) is 10.00 Å². The van der Waals surface area contributed by atoms with Gasteiger partial charge in [0.2, 0.25) is 0 Å². The van der Waals surface area contributed by atoms with Crippen LogP contribution in [0.4, 0.5) is 11.4 Å². The summed E-state index contributed by atoms with van der Waals surface area (Å²) in [5, 5.41) is 23.9. The van der Waals surface area contributed by atoms with Crippen LogP contribution in [-0.4, -0.2) is 18.1 Å². The summed E-state index contributed by atoms with van der Waals surface area (Å²) in [6.45, 7) is 0. The van der Waals surface area contributed by atoms with Crippen LogP contribution in [0.5, 0.6) is 11.5 Å². The number of amides is 1. The van der Waals surface area contributed by atoms with Gasteiger partial charge in [-0.15, -0.1) is 0 Å². The number of hydrogen-bond acceptors (Lipinski definition) is 5. The van der Waals surface area contributed by atoms with Gasteiger partial charge in [-0.3, -0.25) is 4.79 Å². The first kappa shape index (κ1) is 15.9. The normalized spacial score (nSPS) is 10.5. The molecule has 2 aromatic carbocycles. The Labute approximate surface area is 133 Å². The Morgan fingerprint density at radius 1 is 1.22 bits per heavy atom. The first-order chi connectivity index (χ1) is 11.1. The van der Waals surface area contributed by atoms with Crippen LogP contribution in [-0.2, 0) is 4.79 Å². The molecule has 0 aliphatic rings. The van der Waals surface area contributed by atoms with Crippen molar-refractivity contribution in [2.75, 3.05) is 17.7 Å². The van der Waals surface area contributed by atoms with Gasteiger partial charge in [-0.2, -0.15) is 5.26 Å². The second kappa shape index (κ2) is 7.52. The summed E-state index contributed by atoms with van der Waals surface area (Å²) >= 11 is 0. The number of hydrogen-bond donors (Lipinski definition) is 3. The molecule has 0 aromatic heterocycles. The average Bonchev–Trinajstić information content (AvgIpc) is 2.55. The van der Waals surface area contributed by atoms with E-state index in [0.29, 0.717) is 17.1 Å². The number of phenolic OH excluding ortho intramolecular Hbond substituents is 1. The summed E-state index contributed by atoms with van der Waals surface area (Å²) in [5.41, 5.74) is 0.982. The van der Waals surface area contributed by atoms with Crippen LogP contribution in [0, 0.1) is 11.3 Å². The smallest absolute Gasteiger partial charge is 0.267 e. The molecule has 0 radical (unpaired) electrons. The molecule has 116 valence electrons. The van der Waals surface area contributed by atoms with Gasteiger partial charge in [-0.1, -0.05) is 12.1 Å². The standard InChI is InChI=1S/C17H15N3O3/c1-23-16-7-3-4-13(9-16)19-11-12(10-18)17(22)20-14-5-2-6-15(21)8-14/h2-9,11,19,21H,1H3,(H,20,22)/b12-11-. The van der Waals surface area contributed by atoms with Crippen molar-refractivity contribution in [3.63, 3.8) is 0 Å². The van der Waals surface area contributed by atoms with E-state index in [-0.39, 0.29) is 11.3 Å². The third kappa shape index (κ3) is 4.51. The number of aromatic hydroxyl groups is 1. The molecule has 6 heteroatoms.